The third-order valence-electron chi connectivity index (χ3n) is 8.28. The molecule has 1 aliphatic carbocycles. The molecule has 2 aromatic carbocycles. The number of unbranched alkanes of at least 4 members (excludes halogenated alkanes) is 2. The lowest BCUT2D eigenvalue weighted by Gasteiger charge is -2.25. The fourth-order valence-electron chi connectivity index (χ4n) is 5.95. The number of carbonyl (C=O) groups excluding carboxylic acids is 2. The Kier molecular flexibility index (Phi) is 12.4. The first-order valence-corrected chi connectivity index (χ1v) is 16.7. The van der Waals surface area contributed by atoms with Crippen molar-refractivity contribution in [2.45, 2.75) is 83.2 Å². The van der Waals surface area contributed by atoms with E-state index in [2.05, 4.69) is 34.4 Å². The van der Waals surface area contributed by atoms with Gasteiger partial charge in [0.2, 0.25) is 5.91 Å². The maximum Gasteiger partial charge on any atom is 0.308 e. The smallest absolute Gasteiger partial charge is 0.308 e. The largest absolute Gasteiger partial charge is 0.466 e. The molecule has 1 saturated carbocycles. The van der Waals surface area contributed by atoms with Gasteiger partial charge in [0.05, 0.1) is 19.1 Å². The van der Waals surface area contributed by atoms with Crippen LogP contribution in [0.4, 0.5) is 13.2 Å². The zero-order chi connectivity index (χ0) is 34.2. The first-order valence-electron chi connectivity index (χ1n) is 15.9. The standard InChI is InChI=1S/C37H40BrF3N2O4/c1-5-8-9-10-12-24-16-27(39)15-22(4)34(24)25-17-28(23-13-14-23)35(41)29(18-25)31(20-33(44)47-7-3)42-36(45)32(11-6-2)43-21-26(38)19-30(40)37(43)46/h5-6,15-19,21,23,31-32H,1-2,7-14,20H2,3-4H3,(H,42,45)/t31-,32-/m0/s1. The zero-order valence-corrected chi connectivity index (χ0v) is 28.3. The number of nitrogens with one attached hydrogen (secondary N) is 1. The molecule has 0 aliphatic heterocycles. The van der Waals surface area contributed by atoms with Crippen LogP contribution in [-0.2, 0) is 20.7 Å². The SMILES string of the molecule is C=CCCCCc1cc(F)cc(C)c1-c1cc(C2CC2)c(F)c([C@H](CC(=O)OCC)NC(=O)[C@H](CC=C)n2cc(Br)cc(F)c2=O)c1. The Morgan fingerprint density at radius 3 is 2.51 bits per heavy atom. The van der Waals surface area contributed by atoms with Crippen LogP contribution in [0.15, 0.2) is 71.1 Å². The summed E-state index contributed by atoms with van der Waals surface area (Å²) in [6.07, 6.45) is 8.77. The summed E-state index contributed by atoms with van der Waals surface area (Å²) in [5.41, 5.74) is 2.38. The van der Waals surface area contributed by atoms with Crippen molar-refractivity contribution in [1.82, 2.24) is 9.88 Å². The minimum absolute atomic E-state index is 0.0406. The summed E-state index contributed by atoms with van der Waals surface area (Å²) < 4.78 is 52.0. The molecule has 0 bridgehead atoms. The van der Waals surface area contributed by atoms with E-state index in [9.17, 15) is 23.2 Å². The molecule has 10 heteroatoms. The second kappa shape index (κ2) is 16.3. The second-order valence-corrected chi connectivity index (χ2v) is 12.8. The molecule has 1 N–H and O–H groups in total. The third-order valence-corrected chi connectivity index (χ3v) is 8.72. The Morgan fingerprint density at radius 2 is 1.85 bits per heavy atom. The lowest BCUT2D eigenvalue weighted by atomic mass is 9.87. The van der Waals surface area contributed by atoms with Crippen LogP contribution >= 0.6 is 15.9 Å². The van der Waals surface area contributed by atoms with E-state index < -0.39 is 47.6 Å². The molecule has 250 valence electrons. The number of aromatic nitrogens is 1. The predicted molar refractivity (Wildman–Crippen MR) is 181 cm³/mol. The molecule has 1 fully saturated rings. The van der Waals surface area contributed by atoms with Crippen LogP contribution < -0.4 is 10.9 Å². The Balaban J connectivity index is 1.84. The quantitative estimate of drug-likeness (QED) is 0.0916. The molecule has 4 rings (SSSR count). The molecule has 0 spiro atoms. The van der Waals surface area contributed by atoms with Gasteiger partial charge in [-0.2, -0.15) is 0 Å². The first-order chi connectivity index (χ1) is 22.5. The maximum atomic E-state index is 16.5. The monoisotopic (exact) mass is 712 g/mol. The van der Waals surface area contributed by atoms with E-state index in [0.717, 1.165) is 53.9 Å². The van der Waals surface area contributed by atoms with Gasteiger partial charge in [-0.1, -0.05) is 12.2 Å². The highest BCUT2D eigenvalue weighted by Gasteiger charge is 2.33. The predicted octanol–water partition coefficient (Wildman–Crippen LogP) is 8.71. The number of pyridine rings is 1. The number of hydrogen-bond donors (Lipinski definition) is 1. The summed E-state index contributed by atoms with van der Waals surface area (Å²) in [6.45, 7) is 11.0. The number of allylic oxidation sites excluding steroid dienone is 2. The van der Waals surface area contributed by atoms with E-state index in [1.165, 1.54) is 24.4 Å². The molecule has 1 amide bonds. The summed E-state index contributed by atoms with van der Waals surface area (Å²) in [4.78, 5) is 39.5. The topological polar surface area (TPSA) is 77.4 Å². The van der Waals surface area contributed by atoms with Gasteiger partial charge in [0.15, 0.2) is 5.82 Å². The Bertz CT molecular complexity index is 1720. The minimum Gasteiger partial charge on any atom is -0.466 e. The van der Waals surface area contributed by atoms with Crippen LogP contribution in [0.25, 0.3) is 11.1 Å². The molecule has 0 radical (unpaired) electrons. The number of halogens is 4. The normalized spacial score (nSPS) is 13.9. The van der Waals surface area contributed by atoms with Crippen molar-refractivity contribution in [2.75, 3.05) is 6.61 Å². The van der Waals surface area contributed by atoms with Gasteiger partial charge in [0.25, 0.3) is 5.56 Å². The van der Waals surface area contributed by atoms with Crippen molar-refractivity contribution in [3.63, 3.8) is 0 Å². The van der Waals surface area contributed by atoms with Crippen molar-refractivity contribution in [2.24, 2.45) is 0 Å². The fourth-order valence-corrected chi connectivity index (χ4v) is 6.37. The number of nitrogens with zero attached hydrogens (tertiary/aromatic N) is 1. The highest BCUT2D eigenvalue weighted by atomic mass is 79.9. The zero-order valence-electron chi connectivity index (χ0n) is 26.7. The van der Waals surface area contributed by atoms with Gasteiger partial charge < -0.3 is 10.1 Å². The third kappa shape index (κ3) is 8.91. The summed E-state index contributed by atoms with van der Waals surface area (Å²) in [7, 11) is 0. The number of benzene rings is 2. The van der Waals surface area contributed by atoms with E-state index in [-0.39, 0.29) is 34.8 Å². The molecule has 1 aromatic heterocycles. The average molecular weight is 714 g/mol. The average Bonchev–Trinajstić information content (AvgIpc) is 3.85. The lowest BCUT2D eigenvalue weighted by Crippen LogP contribution is -2.40. The molecule has 47 heavy (non-hydrogen) atoms. The van der Waals surface area contributed by atoms with Crippen LogP contribution in [0, 0.1) is 24.4 Å². The number of rotatable bonds is 16. The van der Waals surface area contributed by atoms with E-state index in [1.807, 2.05) is 6.08 Å². The second-order valence-electron chi connectivity index (χ2n) is 11.9. The molecule has 1 heterocycles. The van der Waals surface area contributed by atoms with Crippen molar-refractivity contribution >= 4 is 27.8 Å². The number of hydrogen-bond acceptors (Lipinski definition) is 4. The number of carbonyl (C=O) groups is 2. The molecular weight excluding hydrogens is 673 g/mol. The molecule has 0 saturated heterocycles. The van der Waals surface area contributed by atoms with Crippen molar-refractivity contribution < 1.29 is 27.5 Å². The Morgan fingerprint density at radius 1 is 1.11 bits per heavy atom. The fraction of sp³-hybridized carbons (Fsp3) is 0.378. The van der Waals surface area contributed by atoms with E-state index in [4.69, 9.17) is 4.74 Å². The van der Waals surface area contributed by atoms with Crippen LogP contribution in [0.5, 0.6) is 0 Å². The number of aryl methyl sites for hydroxylation is 2. The van der Waals surface area contributed by atoms with Crippen molar-refractivity contribution in [3.8, 4) is 11.1 Å². The van der Waals surface area contributed by atoms with Crippen LogP contribution in [-0.4, -0.2) is 23.1 Å². The lowest BCUT2D eigenvalue weighted by molar-refractivity contribution is -0.144. The number of ether oxygens (including phenoxy) is 1. The molecular formula is C37H40BrF3N2O4. The highest BCUT2D eigenvalue weighted by Crippen LogP contribution is 2.45. The van der Waals surface area contributed by atoms with Crippen LogP contribution in [0.2, 0.25) is 0 Å². The number of amides is 1. The van der Waals surface area contributed by atoms with E-state index in [1.54, 1.807) is 26.0 Å². The first kappa shape index (κ1) is 35.9. The Hall–Kier alpha value is -3.92. The van der Waals surface area contributed by atoms with Gasteiger partial charge >= 0.3 is 5.97 Å². The van der Waals surface area contributed by atoms with Gasteiger partial charge in [0, 0.05) is 16.2 Å². The molecule has 3 aromatic rings. The summed E-state index contributed by atoms with van der Waals surface area (Å²) in [5, 5.41) is 2.77. The van der Waals surface area contributed by atoms with Gasteiger partial charge in [-0.3, -0.25) is 19.0 Å². The maximum absolute atomic E-state index is 16.5. The van der Waals surface area contributed by atoms with Gasteiger partial charge in [-0.25, -0.2) is 13.2 Å². The van der Waals surface area contributed by atoms with Crippen molar-refractivity contribution in [3.05, 3.63) is 116 Å². The van der Waals surface area contributed by atoms with Gasteiger partial charge in [-0.15, -0.1) is 13.2 Å². The number of esters is 1. The van der Waals surface area contributed by atoms with Crippen molar-refractivity contribution in [1.29, 1.82) is 0 Å². The summed E-state index contributed by atoms with van der Waals surface area (Å²) in [6, 6.07) is 4.89. The van der Waals surface area contributed by atoms with Crippen LogP contribution in [0.1, 0.15) is 92.1 Å². The minimum atomic E-state index is -1.24. The molecule has 6 nitrogen and oxygen atoms in total. The van der Waals surface area contributed by atoms with Crippen LogP contribution in [0.3, 0.4) is 0 Å². The summed E-state index contributed by atoms with van der Waals surface area (Å²) in [5.74, 6) is -3.42. The van der Waals surface area contributed by atoms with Gasteiger partial charge in [0.1, 0.15) is 17.7 Å². The molecule has 0 unspecified atom stereocenters. The van der Waals surface area contributed by atoms with E-state index in [0.29, 0.717) is 23.1 Å². The molecule has 2 atom stereocenters. The van der Waals surface area contributed by atoms with Gasteiger partial charge in [-0.05, 0) is 139 Å². The van der Waals surface area contributed by atoms with E-state index >= 15 is 4.39 Å². The summed E-state index contributed by atoms with van der Waals surface area (Å²) >= 11 is 3.16. The highest BCUT2D eigenvalue weighted by molar-refractivity contribution is 9.10. The Labute approximate surface area is 281 Å². The molecule has 1 aliphatic rings.